The maximum atomic E-state index is 2.48. The van der Waals surface area contributed by atoms with Crippen LogP contribution in [0.25, 0.3) is 82.6 Å². The number of rotatable bonds is 6. The minimum absolute atomic E-state index is 0.166. The molecule has 0 saturated carbocycles. The third kappa shape index (κ3) is 4.87. The SMILES string of the molecule is C1=C(c2ccc(-c3ccc(-n4c5ccccc5c5ccccc54)c(-n4c5ccccc5c5ccccc54)c3)c3ccccc23)N(c2ccccc2)C1c1ccccc1. The lowest BCUT2D eigenvalue weighted by Gasteiger charge is -2.43. The van der Waals surface area contributed by atoms with Crippen LogP contribution in [0.1, 0.15) is 17.2 Å². The van der Waals surface area contributed by atoms with Gasteiger partial charge in [0.1, 0.15) is 0 Å². The molecule has 12 rings (SSSR count). The van der Waals surface area contributed by atoms with Gasteiger partial charge >= 0.3 is 0 Å². The fourth-order valence-corrected chi connectivity index (χ4v) is 9.57. The predicted molar refractivity (Wildman–Crippen MR) is 244 cm³/mol. The molecule has 0 bridgehead atoms. The van der Waals surface area contributed by atoms with Crippen LogP contribution in [0.4, 0.5) is 5.69 Å². The van der Waals surface area contributed by atoms with Gasteiger partial charge in [0.15, 0.2) is 0 Å². The topological polar surface area (TPSA) is 13.1 Å². The molecular formula is C55H37N3. The van der Waals surface area contributed by atoms with Gasteiger partial charge in [-0.1, -0.05) is 164 Å². The van der Waals surface area contributed by atoms with Gasteiger partial charge in [0.2, 0.25) is 0 Å². The molecule has 3 heteroatoms. The Morgan fingerprint density at radius 1 is 0.328 bits per heavy atom. The van der Waals surface area contributed by atoms with E-state index < -0.39 is 0 Å². The highest BCUT2D eigenvalue weighted by molar-refractivity contribution is 6.12. The van der Waals surface area contributed by atoms with Gasteiger partial charge in [-0.3, -0.25) is 0 Å². The Labute approximate surface area is 336 Å². The van der Waals surface area contributed by atoms with Crippen LogP contribution >= 0.6 is 0 Å². The Morgan fingerprint density at radius 2 is 0.759 bits per heavy atom. The van der Waals surface area contributed by atoms with Crippen molar-refractivity contribution < 1.29 is 0 Å². The van der Waals surface area contributed by atoms with E-state index in [2.05, 4.69) is 232 Å². The zero-order valence-electron chi connectivity index (χ0n) is 31.7. The summed E-state index contributed by atoms with van der Waals surface area (Å²) in [5.74, 6) is 0. The summed E-state index contributed by atoms with van der Waals surface area (Å²) in [4.78, 5) is 2.48. The maximum Gasteiger partial charge on any atom is 0.0798 e. The first-order chi connectivity index (χ1) is 28.8. The van der Waals surface area contributed by atoms with Gasteiger partial charge in [-0.25, -0.2) is 0 Å². The number of aromatic nitrogens is 2. The molecule has 0 N–H and O–H groups in total. The number of hydrogen-bond acceptors (Lipinski definition) is 1. The Balaban J connectivity index is 1.10. The van der Waals surface area contributed by atoms with Gasteiger partial charge in [-0.05, 0) is 82.1 Å². The second-order valence-electron chi connectivity index (χ2n) is 15.3. The molecule has 0 radical (unpaired) electrons. The quantitative estimate of drug-likeness (QED) is 0.165. The Kier molecular flexibility index (Phi) is 7.29. The van der Waals surface area contributed by atoms with Gasteiger partial charge in [0.05, 0.1) is 39.5 Å². The zero-order valence-corrected chi connectivity index (χ0v) is 31.7. The summed E-state index contributed by atoms with van der Waals surface area (Å²) < 4.78 is 4.93. The Hall–Kier alpha value is -7.62. The smallest absolute Gasteiger partial charge is 0.0798 e. The van der Waals surface area contributed by atoms with Crippen molar-refractivity contribution in [3.05, 3.63) is 230 Å². The Morgan fingerprint density at radius 3 is 1.31 bits per heavy atom. The molecule has 0 saturated heterocycles. The van der Waals surface area contributed by atoms with Crippen LogP contribution in [0.2, 0.25) is 0 Å². The summed E-state index contributed by atoms with van der Waals surface area (Å²) in [6.07, 6.45) is 2.42. The van der Waals surface area contributed by atoms with Crippen LogP contribution in [-0.4, -0.2) is 9.13 Å². The van der Waals surface area contributed by atoms with E-state index in [1.54, 1.807) is 0 Å². The second kappa shape index (κ2) is 13.0. The molecule has 0 fully saturated rings. The standard InChI is InChI=1S/C55H37N3/c1-3-17-37(18-4-1)53-36-54(56(53)39-19-5-2-6-20-39)47-33-32-40(41-21-7-8-22-42(41)47)38-31-34-52(57-48-27-13-9-23-43(48)44-24-10-14-28-49(44)57)55(35-38)58-50-29-15-11-25-45(50)46-26-12-16-30-51(46)58/h1-36,53H. The number of hydrogen-bond donors (Lipinski definition) is 0. The van der Waals surface area contributed by atoms with E-state index >= 15 is 0 Å². The zero-order chi connectivity index (χ0) is 38.2. The molecule has 1 aliphatic heterocycles. The maximum absolute atomic E-state index is 2.48. The lowest BCUT2D eigenvalue weighted by Crippen LogP contribution is -2.34. The highest BCUT2D eigenvalue weighted by Gasteiger charge is 2.33. The van der Waals surface area contributed by atoms with E-state index in [0.29, 0.717) is 0 Å². The van der Waals surface area contributed by atoms with Gasteiger partial charge in [0, 0.05) is 38.5 Å². The van der Waals surface area contributed by atoms with Crippen LogP contribution < -0.4 is 4.90 Å². The molecule has 0 amide bonds. The number of para-hydroxylation sites is 5. The number of nitrogens with zero attached hydrogens (tertiary/aromatic N) is 3. The second-order valence-corrected chi connectivity index (χ2v) is 15.3. The van der Waals surface area contributed by atoms with Crippen molar-refractivity contribution in [2.45, 2.75) is 6.04 Å². The molecule has 0 spiro atoms. The summed E-state index contributed by atoms with van der Waals surface area (Å²) in [6, 6.07) is 77.7. The highest BCUT2D eigenvalue weighted by Crippen LogP contribution is 2.48. The molecule has 272 valence electrons. The monoisotopic (exact) mass is 739 g/mol. The van der Waals surface area contributed by atoms with E-state index in [9.17, 15) is 0 Å². The number of benzene rings is 9. The Bertz CT molecular complexity index is 3300. The molecule has 0 aliphatic carbocycles. The van der Waals surface area contributed by atoms with Crippen molar-refractivity contribution in [1.29, 1.82) is 0 Å². The van der Waals surface area contributed by atoms with Crippen LogP contribution in [0, 0.1) is 0 Å². The summed E-state index contributed by atoms with van der Waals surface area (Å²) in [6.45, 7) is 0. The van der Waals surface area contributed by atoms with Gasteiger partial charge in [-0.2, -0.15) is 0 Å². The van der Waals surface area contributed by atoms with Crippen molar-refractivity contribution in [3.8, 4) is 22.5 Å². The summed E-state index contributed by atoms with van der Waals surface area (Å²) in [5.41, 5.74) is 14.4. The first-order valence-corrected chi connectivity index (χ1v) is 20.1. The minimum atomic E-state index is 0.166. The van der Waals surface area contributed by atoms with E-state index in [1.165, 1.54) is 88.0 Å². The van der Waals surface area contributed by atoms with Crippen molar-refractivity contribution in [1.82, 2.24) is 9.13 Å². The predicted octanol–water partition coefficient (Wildman–Crippen LogP) is 14.3. The minimum Gasteiger partial charge on any atom is -0.330 e. The fraction of sp³-hybridized carbons (Fsp3) is 0.0182. The van der Waals surface area contributed by atoms with E-state index in [-0.39, 0.29) is 6.04 Å². The molecule has 1 aliphatic rings. The van der Waals surface area contributed by atoms with Gasteiger partial charge in [0.25, 0.3) is 0 Å². The molecule has 1 unspecified atom stereocenters. The van der Waals surface area contributed by atoms with Crippen LogP contribution in [-0.2, 0) is 0 Å². The number of anilines is 1. The largest absolute Gasteiger partial charge is 0.330 e. The first-order valence-electron chi connectivity index (χ1n) is 20.1. The average Bonchev–Trinajstić information content (AvgIpc) is 3.80. The van der Waals surface area contributed by atoms with Crippen molar-refractivity contribution in [2.24, 2.45) is 0 Å². The van der Waals surface area contributed by atoms with Crippen molar-refractivity contribution >= 4 is 65.8 Å². The van der Waals surface area contributed by atoms with Gasteiger partial charge in [-0.15, -0.1) is 0 Å². The third-order valence-corrected chi connectivity index (χ3v) is 12.2. The number of fused-ring (bicyclic) bond motifs is 7. The lowest BCUT2D eigenvalue weighted by atomic mass is 9.87. The molecule has 9 aromatic carbocycles. The molecule has 3 heterocycles. The molecule has 1 atom stereocenters. The van der Waals surface area contributed by atoms with Gasteiger partial charge < -0.3 is 14.0 Å². The van der Waals surface area contributed by atoms with E-state index in [4.69, 9.17) is 0 Å². The average molecular weight is 740 g/mol. The van der Waals surface area contributed by atoms with Crippen LogP contribution in [0.15, 0.2) is 218 Å². The highest BCUT2D eigenvalue weighted by atomic mass is 15.2. The normalized spacial score (nSPS) is 14.1. The summed E-state index contributed by atoms with van der Waals surface area (Å²) >= 11 is 0. The first kappa shape index (κ1) is 32.6. The molecular weight excluding hydrogens is 703 g/mol. The van der Waals surface area contributed by atoms with E-state index in [0.717, 1.165) is 11.4 Å². The fourth-order valence-electron chi connectivity index (χ4n) is 9.57. The molecule has 58 heavy (non-hydrogen) atoms. The van der Waals surface area contributed by atoms with Crippen LogP contribution in [0.5, 0.6) is 0 Å². The van der Waals surface area contributed by atoms with Crippen LogP contribution in [0.3, 0.4) is 0 Å². The summed E-state index contributed by atoms with van der Waals surface area (Å²) in [7, 11) is 0. The van der Waals surface area contributed by atoms with E-state index in [1.807, 2.05) is 0 Å². The molecule has 11 aromatic rings. The van der Waals surface area contributed by atoms with Crippen molar-refractivity contribution in [3.63, 3.8) is 0 Å². The molecule has 3 nitrogen and oxygen atoms in total. The summed E-state index contributed by atoms with van der Waals surface area (Å²) in [5, 5.41) is 7.47. The van der Waals surface area contributed by atoms with Crippen molar-refractivity contribution in [2.75, 3.05) is 4.90 Å². The third-order valence-electron chi connectivity index (χ3n) is 12.2. The lowest BCUT2D eigenvalue weighted by molar-refractivity contribution is 0.800. The molecule has 2 aromatic heterocycles.